The minimum absolute atomic E-state index is 0.585. The van der Waals surface area contributed by atoms with Gasteiger partial charge in [0.2, 0.25) is 0 Å². The van der Waals surface area contributed by atoms with Gasteiger partial charge in [0.15, 0.2) is 0 Å². The van der Waals surface area contributed by atoms with Gasteiger partial charge in [0.25, 0.3) is 0 Å². The van der Waals surface area contributed by atoms with Crippen molar-refractivity contribution in [3.8, 4) is 0 Å². The molecule has 0 saturated carbocycles. The first-order valence-corrected chi connectivity index (χ1v) is 6.02. The summed E-state index contributed by atoms with van der Waals surface area (Å²) in [6.07, 6.45) is 4.82. The summed E-state index contributed by atoms with van der Waals surface area (Å²) in [5.74, 6) is 0.172. The molecule has 0 aliphatic heterocycles. The lowest BCUT2D eigenvalue weighted by molar-refractivity contribution is -0.145. The molecule has 0 aliphatic rings. The van der Waals surface area contributed by atoms with Crippen LogP contribution >= 0.6 is 0 Å². The molecular weight excluding hydrogens is 218 g/mol. The van der Waals surface area contributed by atoms with Crippen molar-refractivity contribution in [1.29, 1.82) is 0 Å². The van der Waals surface area contributed by atoms with E-state index in [1.54, 1.807) is 6.20 Å². The van der Waals surface area contributed by atoms with Crippen molar-refractivity contribution in [3.05, 3.63) is 18.2 Å². The highest BCUT2D eigenvalue weighted by Gasteiger charge is 2.33. The number of nitrogens with one attached hydrogen (secondary N) is 1. The Balaban J connectivity index is 2.54. The van der Waals surface area contributed by atoms with Gasteiger partial charge >= 0.3 is 5.97 Å². The van der Waals surface area contributed by atoms with Crippen LogP contribution in [0.5, 0.6) is 0 Å². The number of carbonyl (C=O) groups is 1. The standard InChI is InChI=1S/C12H21N3O2/c1-4-12(5-2,11(16)17)14-7-9-15-8-6-13-10(15)3/h6,8,14H,4-5,7,9H2,1-3H3,(H,16,17). The van der Waals surface area contributed by atoms with Crippen LogP contribution in [0.4, 0.5) is 0 Å². The normalized spacial score (nSPS) is 11.7. The van der Waals surface area contributed by atoms with Gasteiger partial charge in [0.05, 0.1) is 0 Å². The van der Waals surface area contributed by atoms with Gasteiger partial charge in [-0.2, -0.15) is 0 Å². The first-order chi connectivity index (χ1) is 8.05. The van der Waals surface area contributed by atoms with Gasteiger partial charge in [0, 0.05) is 25.5 Å². The molecule has 1 aromatic heterocycles. The van der Waals surface area contributed by atoms with E-state index in [4.69, 9.17) is 0 Å². The lowest BCUT2D eigenvalue weighted by Gasteiger charge is -2.28. The third-order valence-corrected chi connectivity index (χ3v) is 3.36. The maximum atomic E-state index is 11.3. The fourth-order valence-electron chi connectivity index (χ4n) is 1.93. The molecule has 0 unspecified atom stereocenters. The molecule has 96 valence electrons. The van der Waals surface area contributed by atoms with E-state index >= 15 is 0 Å². The highest BCUT2D eigenvalue weighted by atomic mass is 16.4. The molecule has 2 N–H and O–H groups in total. The van der Waals surface area contributed by atoms with Crippen molar-refractivity contribution < 1.29 is 9.90 Å². The molecule has 1 aromatic rings. The summed E-state index contributed by atoms with van der Waals surface area (Å²) in [6.45, 7) is 7.09. The van der Waals surface area contributed by atoms with Crippen molar-refractivity contribution in [3.63, 3.8) is 0 Å². The molecule has 5 heteroatoms. The van der Waals surface area contributed by atoms with Gasteiger partial charge in [-0.3, -0.25) is 4.79 Å². The number of carboxylic acid groups (broad SMARTS) is 1. The van der Waals surface area contributed by atoms with Gasteiger partial charge < -0.3 is 15.0 Å². The Morgan fingerprint density at radius 2 is 2.18 bits per heavy atom. The fraction of sp³-hybridized carbons (Fsp3) is 0.667. The van der Waals surface area contributed by atoms with Gasteiger partial charge in [-0.1, -0.05) is 13.8 Å². The van der Waals surface area contributed by atoms with Gasteiger partial charge in [-0.25, -0.2) is 4.98 Å². The Hall–Kier alpha value is -1.36. The molecule has 0 radical (unpaired) electrons. The van der Waals surface area contributed by atoms with Gasteiger partial charge in [0.1, 0.15) is 11.4 Å². The zero-order valence-corrected chi connectivity index (χ0v) is 10.7. The molecule has 5 nitrogen and oxygen atoms in total. The van der Waals surface area contributed by atoms with Crippen LogP contribution in [-0.2, 0) is 11.3 Å². The van der Waals surface area contributed by atoms with Crippen molar-refractivity contribution in [2.24, 2.45) is 0 Å². The summed E-state index contributed by atoms with van der Waals surface area (Å²) >= 11 is 0. The number of aryl methyl sites for hydroxylation is 1. The number of hydrogen-bond donors (Lipinski definition) is 2. The molecule has 0 fully saturated rings. The molecule has 0 saturated heterocycles. The summed E-state index contributed by atoms with van der Waals surface area (Å²) in [4.78, 5) is 15.4. The lowest BCUT2D eigenvalue weighted by Crippen LogP contribution is -2.52. The SMILES string of the molecule is CCC(CC)(NCCn1ccnc1C)C(=O)O. The predicted octanol–water partition coefficient (Wildman–Crippen LogP) is 1.42. The molecule has 0 aliphatic carbocycles. The van der Waals surface area contributed by atoms with E-state index in [0.717, 1.165) is 12.4 Å². The summed E-state index contributed by atoms with van der Waals surface area (Å²) in [7, 11) is 0. The predicted molar refractivity (Wildman–Crippen MR) is 65.9 cm³/mol. The molecule has 1 heterocycles. The largest absolute Gasteiger partial charge is 0.480 e. The van der Waals surface area contributed by atoms with Crippen molar-refractivity contribution in [2.75, 3.05) is 6.54 Å². The second kappa shape index (κ2) is 5.82. The average Bonchev–Trinajstić information content (AvgIpc) is 2.70. The number of carboxylic acids is 1. The van der Waals surface area contributed by atoms with Crippen LogP contribution in [0, 0.1) is 6.92 Å². The number of rotatable bonds is 7. The number of aromatic nitrogens is 2. The maximum absolute atomic E-state index is 11.3. The van der Waals surface area contributed by atoms with Crippen molar-refractivity contribution in [2.45, 2.75) is 45.7 Å². The molecular formula is C12H21N3O2. The second-order valence-corrected chi connectivity index (χ2v) is 4.19. The van der Waals surface area contributed by atoms with E-state index < -0.39 is 11.5 Å². The zero-order valence-electron chi connectivity index (χ0n) is 10.7. The highest BCUT2D eigenvalue weighted by Crippen LogP contribution is 2.15. The van der Waals surface area contributed by atoms with Crippen LogP contribution in [-0.4, -0.2) is 32.7 Å². The van der Waals surface area contributed by atoms with Gasteiger partial charge in [-0.05, 0) is 19.8 Å². The Kier molecular flexibility index (Phi) is 4.69. The molecule has 17 heavy (non-hydrogen) atoms. The Morgan fingerprint density at radius 1 is 1.53 bits per heavy atom. The summed E-state index contributed by atoms with van der Waals surface area (Å²) in [5, 5.41) is 12.4. The van der Waals surface area contributed by atoms with Crippen LogP contribution in [0.2, 0.25) is 0 Å². The van der Waals surface area contributed by atoms with E-state index in [0.29, 0.717) is 19.4 Å². The van der Waals surface area contributed by atoms with Crippen LogP contribution < -0.4 is 5.32 Å². The fourth-order valence-corrected chi connectivity index (χ4v) is 1.93. The number of imidazole rings is 1. The monoisotopic (exact) mass is 239 g/mol. The number of aliphatic carboxylic acids is 1. The first kappa shape index (κ1) is 13.7. The van der Waals surface area contributed by atoms with Crippen LogP contribution in [0.3, 0.4) is 0 Å². The maximum Gasteiger partial charge on any atom is 0.323 e. The van der Waals surface area contributed by atoms with E-state index in [1.165, 1.54) is 0 Å². The second-order valence-electron chi connectivity index (χ2n) is 4.19. The molecule has 0 atom stereocenters. The Labute approximate surface area is 102 Å². The van der Waals surface area contributed by atoms with Crippen LogP contribution in [0.25, 0.3) is 0 Å². The summed E-state index contributed by atoms with van der Waals surface area (Å²) in [6, 6.07) is 0. The molecule has 0 bridgehead atoms. The zero-order chi connectivity index (χ0) is 12.9. The topological polar surface area (TPSA) is 67.2 Å². The number of nitrogens with zero attached hydrogens (tertiary/aromatic N) is 2. The minimum Gasteiger partial charge on any atom is -0.480 e. The summed E-state index contributed by atoms with van der Waals surface area (Å²) in [5.41, 5.74) is -0.797. The van der Waals surface area contributed by atoms with E-state index in [-0.39, 0.29) is 0 Å². The van der Waals surface area contributed by atoms with E-state index in [9.17, 15) is 9.90 Å². The van der Waals surface area contributed by atoms with Crippen molar-refractivity contribution in [1.82, 2.24) is 14.9 Å². The molecule has 0 aromatic carbocycles. The summed E-state index contributed by atoms with van der Waals surface area (Å²) < 4.78 is 2.00. The first-order valence-electron chi connectivity index (χ1n) is 6.02. The average molecular weight is 239 g/mol. The molecule has 0 amide bonds. The van der Waals surface area contributed by atoms with Crippen molar-refractivity contribution >= 4 is 5.97 Å². The quantitative estimate of drug-likeness (QED) is 0.755. The Bertz CT molecular complexity index is 370. The molecule has 0 spiro atoms. The van der Waals surface area contributed by atoms with Gasteiger partial charge in [-0.15, -0.1) is 0 Å². The third kappa shape index (κ3) is 3.06. The molecule has 1 rings (SSSR count). The number of hydrogen-bond acceptors (Lipinski definition) is 3. The van der Waals surface area contributed by atoms with Crippen LogP contribution in [0.1, 0.15) is 32.5 Å². The Morgan fingerprint density at radius 3 is 2.59 bits per heavy atom. The minimum atomic E-state index is -0.797. The lowest BCUT2D eigenvalue weighted by atomic mass is 9.93. The van der Waals surface area contributed by atoms with E-state index in [2.05, 4.69) is 10.3 Å². The smallest absolute Gasteiger partial charge is 0.323 e. The van der Waals surface area contributed by atoms with Crippen LogP contribution in [0.15, 0.2) is 12.4 Å². The third-order valence-electron chi connectivity index (χ3n) is 3.36. The van der Waals surface area contributed by atoms with E-state index in [1.807, 2.05) is 31.5 Å². The highest BCUT2D eigenvalue weighted by molar-refractivity contribution is 5.78.